The molecule has 2 saturated heterocycles. The summed E-state index contributed by atoms with van der Waals surface area (Å²) in [4.78, 5) is 30.1. The largest absolute Gasteiger partial charge is 0.493 e. The van der Waals surface area contributed by atoms with Crippen molar-refractivity contribution in [1.29, 1.82) is 0 Å². The summed E-state index contributed by atoms with van der Waals surface area (Å²) in [7, 11) is 0. The molecular formula is C24H27N3O4. The fraction of sp³-hybridized carbons (Fsp3) is 0.417. The number of nitrogens with one attached hydrogen (secondary N) is 1. The van der Waals surface area contributed by atoms with Crippen molar-refractivity contribution in [3.8, 4) is 5.75 Å². The lowest BCUT2D eigenvalue weighted by atomic mass is 9.84. The number of imide groups is 1. The summed E-state index contributed by atoms with van der Waals surface area (Å²) in [5.41, 5.74) is 0.936. The van der Waals surface area contributed by atoms with Gasteiger partial charge in [0.1, 0.15) is 5.75 Å². The molecular weight excluding hydrogens is 394 g/mol. The van der Waals surface area contributed by atoms with E-state index in [9.17, 15) is 9.59 Å². The van der Waals surface area contributed by atoms with Crippen LogP contribution < -0.4 is 10.1 Å². The normalized spacial score (nSPS) is 26.3. The van der Waals surface area contributed by atoms with Gasteiger partial charge in [-0.3, -0.25) is 14.6 Å². The van der Waals surface area contributed by atoms with Gasteiger partial charge in [0.05, 0.1) is 19.3 Å². The first-order chi connectivity index (χ1) is 15.2. The van der Waals surface area contributed by atoms with E-state index in [0.717, 1.165) is 25.1 Å². The molecule has 2 fully saturated rings. The molecule has 0 unspecified atom stereocenters. The molecule has 31 heavy (non-hydrogen) atoms. The first-order valence-electron chi connectivity index (χ1n) is 10.9. The Morgan fingerprint density at radius 1 is 1.03 bits per heavy atom. The Morgan fingerprint density at radius 2 is 1.84 bits per heavy atom. The van der Waals surface area contributed by atoms with E-state index in [1.165, 1.54) is 10.5 Å². The van der Waals surface area contributed by atoms with Gasteiger partial charge in [-0.05, 0) is 18.1 Å². The van der Waals surface area contributed by atoms with Crippen LogP contribution in [0.3, 0.4) is 0 Å². The van der Waals surface area contributed by atoms with Crippen molar-refractivity contribution in [1.82, 2.24) is 15.1 Å². The van der Waals surface area contributed by atoms with E-state index in [0.29, 0.717) is 31.9 Å². The van der Waals surface area contributed by atoms with Crippen molar-refractivity contribution < 1.29 is 19.1 Å². The van der Waals surface area contributed by atoms with Crippen molar-refractivity contribution in [3.05, 3.63) is 65.7 Å². The van der Waals surface area contributed by atoms with Gasteiger partial charge in [-0.2, -0.15) is 0 Å². The molecule has 1 N–H and O–H groups in total. The second-order valence-corrected chi connectivity index (χ2v) is 8.41. The molecule has 0 aromatic heterocycles. The SMILES string of the molecule is O=C1N[C@@]2(CCOc3ccccc32)C(=O)N1C[C@@H]1CN(Cc2ccccc2)CCCO1. The Labute approximate surface area is 181 Å². The quantitative estimate of drug-likeness (QED) is 0.769. The molecule has 3 heterocycles. The maximum atomic E-state index is 13.5. The Hall–Kier alpha value is -2.90. The van der Waals surface area contributed by atoms with Crippen molar-refractivity contribution in [3.63, 3.8) is 0 Å². The Kier molecular flexibility index (Phi) is 5.38. The fourth-order valence-corrected chi connectivity index (χ4v) is 4.81. The number of rotatable bonds is 4. The van der Waals surface area contributed by atoms with Crippen LogP contribution in [0.4, 0.5) is 4.79 Å². The van der Waals surface area contributed by atoms with Gasteiger partial charge in [-0.15, -0.1) is 0 Å². The molecule has 5 rings (SSSR count). The zero-order valence-electron chi connectivity index (χ0n) is 17.5. The van der Waals surface area contributed by atoms with Gasteiger partial charge < -0.3 is 14.8 Å². The number of ether oxygens (including phenoxy) is 2. The minimum absolute atomic E-state index is 0.212. The van der Waals surface area contributed by atoms with Gasteiger partial charge in [-0.25, -0.2) is 4.79 Å². The standard InChI is InChI=1S/C24H27N3O4/c28-22-24(11-14-31-21-10-5-4-9-20(21)24)25-23(29)27(22)17-19-16-26(12-6-13-30-19)15-18-7-2-1-3-8-18/h1-5,7-10,19H,6,11-17H2,(H,25,29)/t19-,24+/m0/s1. The summed E-state index contributed by atoms with van der Waals surface area (Å²) in [5.74, 6) is 0.444. The highest BCUT2D eigenvalue weighted by Gasteiger charge is 2.55. The number of hydrogen-bond donors (Lipinski definition) is 1. The van der Waals surface area contributed by atoms with Crippen LogP contribution in [0.15, 0.2) is 54.6 Å². The number of amides is 3. The van der Waals surface area contributed by atoms with E-state index in [-0.39, 0.29) is 24.6 Å². The third-order valence-corrected chi connectivity index (χ3v) is 6.33. The average Bonchev–Trinajstić information content (AvgIpc) is 2.93. The minimum atomic E-state index is -1.04. The van der Waals surface area contributed by atoms with Crippen LogP contribution in [0.25, 0.3) is 0 Å². The molecule has 1 spiro atoms. The number of carbonyl (C=O) groups is 2. The molecule has 0 radical (unpaired) electrons. The summed E-state index contributed by atoms with van der Waals surface area (Å²) in [5, 5.41) is 2.97. The maximum Gasteiger partial charge on any atom is 0.325 e. The molecule has 7 nitrogen and oxygen atoms in total. The van der Waals surface area contributed by atoms with Crippen molar-refractivity contribution in [2.75, 3.05) is 32.8 Å². The molecule has 0 saturated carbocycles. The van der Waals surface area contributed by atoms with Gasteiger partial charge in [0.15, 0.2) is 5.54 Å². The average molecular weight is 421 g/mol. The molecule has 3 amide bonds. The number of benzene rings is 2. The number of hydrogen-bond acceptors (Lipinski definition) is 5. The van der Waals surface area contributed by atoms with Crippen LogP contribution in [0.1, 0.15) is 24.0 Å². The zero-order valence-corrected chi connectivity index (χ0v) is 17.5. The number of fused-ring (bicyclic) bond motifs is 2. The van der Waals surface area contributed by atoms with E-state index in [4.69, 9.17) is 9.47 Å². The highest BCUT2D eigenvalue weighted by molar-refractivity contribution is 6.08. The lowest BCUT2D eigenvalue weighted by Gasteiger charge is -2.33. The fourth-order valence-electron chi connectivity index (χ4n) is 4.81. The van der Waals surface area contributed by atoms with E-state index in [1.807, 2.05) is 42.5 Å². The van der Waals surface area contributed by atoms with Gasteiger partial charge in [0.2, 0.25) is 0 Å². The Morgan fingerprint density at radius 3 is 2.71 bits per heavy atom. The summed E-state index contributed by atoms with van der Waals surface area (Å²) in [6.07, 6.45) is 1.14. The summed E-state index contributed by atoms with van der Waals surface area (Å²) in [6, 6.07) is 17.4. The number of nitrogens with zero attached hydrogens (tertiary/aromatic N) is 2. The van der Waals surface area contributed by atoms with Crippen LogP contribution in [-0.2, 0) is 21.6 Å². The Bertz CT molecular complexity index is 966. The lowest BCUT2D eigenvalue weighted by molar-refractivity contribution is -0.134. The third-order valence-electron chi connectivity index (χ3n) is 6.33. The van der Waals surface area contributed by atoms with E-state index < -0.39 is 5.54 Å². The van der Waals surface area contributed by atoms with E-state index in [2.05, 4.69) is 22.3 Å². The van der Waals surface area contributed by atoms with E-state index >= 15 is 0 Å². The second kappa shape index (κ2) is 8.32. The molecule has 3 aliphatic rings. The topological polar surface area (TPSA) is 71.1 Å². The van der Waals surface area contributed by atoms with Gasteiger partial charge in [0, 0.05) is 38.2 Å². The van der Waals surface area contributed by atoms with Crippen molar-refractivity contribution in [2.45, 2.75) is 31.0 Å². The van der Waals surface area contributed by atoms with Crippen molar-refractivity contribution >= 4 is 11.9 Å². The first-order valence-corrected chi connectivity index (χ1v) is 10.9. The molecule has 2 aromatic rings. The third kappa shape index (κ3) is 3.79. The number of carbonyl (C=O) groups excluding carboxylic acids is 2. The van der Waals surface area contributed by atoms with Crippen molar-refractivity contribution in [2.24, 2.45) is 0 Å². The van der Waals surface area contributed by atoms with Crippen LogP contribution in [-0.4, -0.2) is 60.7 Å². The van der Waals surface area contributed by atoms with Crippen LogP contribution in [0.5, 0.6) is 5.75 Å². The van der Waals surface area contributed by atoms with Crippen LogP contribution in [0.2, 0.25) is 0 Å². The molecule has 7 heteroatoms. The number of urea groups is 1. The lowest BCUT2D eigenvalue weighted by Crippen LogP contribution is -2.48. The molecule has 3 aliphatic heterocycles. The zero-order chi connectivity index (χ0) is 21.3. The maximum absolute atomic E-state index is 13.5. The smallest absolute Gasteiger partial charge is 0.325 e. The Balaban J connectivity index is 1.32. The second-order valence-electron chi connectivity index (χ2n) is 8.41. The molecule has 162 valence electrons. The number of para-hydroxylation sites is 1. The summed E-state index contributed by atoms with van der Waals surface area (Å²) >= 11 is 0. The van der Waals surface area contributed by atoms with Crippen LogP contribution >= 0.6 is 0 Å². The van der Waals surface area contributed by atoms with Gasteiger partial charge in [0.25, 0.3) is 5.91 Å². The van der Waals surface area contributed by atoms with E-state index in [1.54, 1.807) is 0 Å². The van der Waals surface area contributed by atoms with Gasteiger partial charge >= 0.3 is 6.03 Å². The predicted molar refractivity (Wildman–Crippen MR) is 115 cm³/mol. The highest BCUT2D eigenvalue weighted by atomic mass is 16.5. The molecule has 2 atom stereocenters. The van der Waals surface area contributed by atoms with Crippen LogP contribution in [0, 0.1) is 0 Å². The molecule has 2 aromatic carbocycles. The minimum Gasteiger partial charge on any atom is -0.493 e. The highest BCUT2D eigenvalue weighted by Crippen LogP contribution is 2.41. The monoisotopic (exact) mass is 421 g/mol. The molecule has 0 bridgehead atoms. The first kappa shape index (κ1) is 20.0. The summed E-state index contributed by atoms with van der Waals surface area (Å²) < 4.78 is 11.7. The molecule has 0 aliphatic carbocycles. The van der Waals surface area contributed by atoms with Gasteiger partial charge in [-0.1, -0.05) is 48.5 Å². The predicted octanol–water partition coefficient (Wildman–Crippen LogP) is 2.51. The summed E-state index contributed by atoms with van der Waals surface area (Å²) in [6.45, 7) is 3.71.